The van der Waals surface area contributed by atoms with E-state index in [1.807, 2.05) is 13.8 Å². The highest BCUT2D eigenvalue weighted by molar-refractivity contribution is 7.89. The second kappa shape index (κ2) is 7.23. The number of carboxylic acids is 1. The summed E-state index contributed by atoms with van der Waals surface area (Å²) < 4.78 is 30.5. The Morgan fingerprint density at radius 1 is 1.38 bits per heavy atom. The normalized spacial score (nSPS) is 12.9. The third kappa shape index (κ3) is 5.20. The topological polar surface area (TPSA) is 126 Å². The molecule has 1 atom stereocenters. The molecule has 0 fully saturated rings. The predicted molar refractivity (Wildman–Crippen MR) is 73.4 cm³/mol. The van der Waals surface area contributed by atoms with Crippen LogP contribution in [-0.2, 0) is 14.8 Å². The van der Waals surface area contributed by atoms with E-state index in [1.165, 1.54) is 0 Å². The van der Waals surface area contributed by atoms with Gasteiger partial charge in [-0.1, -0.05) is 6.92 Å². The van der Waals surface area contributed by atoms with Gasteiger partial charge in [-0.15, -0.1) is 0 Å². The molecule has 0 aliphatic heterocycles. The van der Waals surface area contributed by atoms with Crippen LogP contribution in [0, 0.1) is 0 Å². The summed E-state index contributed by atoms with van der Waals surface area (Å²) in [6, 6.07) is 2.12. The molecule has 0 saturated carbocycles. The van der Waals surface area contributed by atoms with Gasteiger partial charge in [0, 0.05) is 19.0 Å². The van der Waals surface area contributed by atoms with Crippen molar-refractivity contribution in [1.82, 2.24) is 10.0 Å². The first-order chi connectivity index (χ1) is 9.76. The summed E-state index contributed by atoms with van der Waals surface area (Å²) in [5.74, 6) is -2.09. The van der Waals surface area contributed by atoms with Crippen LogP contribution in [0.4, 0.5) is 0 Å². The average molecular weight is 318 g/mol. The van der Waals surface area contributed by atoms with Gasteiger partial charge in [-0.25, -0.2) is 17.9 Å². The summed E-state index contributed by atoms with van der Waals surface area (Å²) in [5, 5.41) is 10.9. The summed E-state index contributed by atoms with van der Waals surface area (Å²) in [6.07, 6.45) is 0.762. The number of aromatic carboxylic acids is 1. The van der Waals surface area contributed by atoms with Gasteiger partial charge in [-0.05, 0) is 25.5 Å². The maximum Gasteiger partial charge on any atom is 0.371 e. The lowest BCUT2D eigenvalue weighted by Gasteiger charge is -2.11. The van der Waals surface area contributed by atoms with Crippen LogP contribution in [-0.4, -0.2) is 38.0 Å². The number of carboxylic acid groups (broad SMARTS) is 1. The standard InChI is InChI=1S/C12H18N2O6S/c1-3-8(2)14-10(15)6-7-13-21(18,19)11-5-4-9(20-11)12(16)17/h4-5,8,13H,3,6-7H2,1-2H3,(H,14,15)(H,16,17). The van der Waals surface area contributed by atoms with Crippen LogP contribution >= 0.6 is 0 Å². The average Bonchev–Trinajstić information content (AvgIpc) is 2.88. The number of nitrogens with one attached hydrogen (secondary N) is 2. The van der Waals surface area contributed by atoms with Crippen LogP contribution in [0.25, 0.3) is 0 Å². The Hall–Kier alpha value is -1.87. The summed E-state index contributed by atoms with van der Waals surface area (Å²) in [4.78, 5) is 22.1. The van der Waals surface area contributed by atoms with Gasteiger partial charge in [0.25, 0.3) is 10.0 Å². The van der Waals surface area contributed by atoms with E-state index in [1.54, 1.807) is 0 Å². The fourth-order valence-corrected chi connectivity index (χ4v) is 2.36. The Labute approximate surface area is 122 Å². The minimum Gasteiger partial charge on any atom is -0.475 e. The zero-order chi connectivity index (χ0) is 16.0. The molecule has 8 nitrogen and oxygen atoms in total. The van der Waals surface area contributed by atoms with Crippen LogP contribution in [0.2, 0.25) is 0 Å². The fraction of sp³-hybridized carbons (Fsp3) is 0.500. The largest absolute Gasteiger partial charge is 0.475 e. The summed E-state index contributed by atoms with van der Waals surface area (Å²) in [7, 11) is -3.96. The van der Waals surface area contributed by atoms with E-state index in [9.17, 15) is 18.0 Å². The maximum absolute atomic E-state index is 11.8. The predicted octanol–water partition coefficient (Wildman–Crippen LogP) is 0.561. The van der Waals surface area contributed by atoms with Crippen molar-refractivity contribution >= 4 is 21.9 Å². The number of amides is 1. The van der Waals surface area contributed by atoms with Crippen molar-refractivity contribution < 1.29 is 27.5 Å². The lowest BCUT2D eigenvalue weighted by Crippen LogP contribution is -2.35. The highest BCUT2D eigenvalue weighted by Crippen LogP contribution is 2.13. The van der Waals surface area contributed by atoms with E-state index in [0.29, 0.717) is 0 Å². The van der Waals surface area contributed by atoms with Gasteiger partial charge in [-0.3, -0.25) is 4.79 Å². The Morgan fingerprint density at radius 2 is 2.05 bits per heavy atom. The van der Waals surface area contributed by atoms with Crippen LogP contribution in [0.5, 0.6) is 0 Å². The van der Waals surface area contributed by atoms with Gasteiger partial charge in [0.05, 0.1) is 0 Å². The van der Waals surface area contributed by atoms with E-state index in [-0.39, 0.29) is 24.9 Å². The van der Waals surface area contributed by atoms with E-state index >= 15 is 0 Å². The Bertz CT molecular complexity index is 607. The van der Waals surface area contributed by atoms with Gasteiger partial charge < -0.3 is 14.8 Å². The van der Waals surface area contributed by atoms with Crippen molar-refractivity contribution in [3.05, 3.63) is 17.9 Å². The van der Waals surface area contributed by atoms with E-state index < -0.39 is 26.8 Å². The molecule has 0 aliphatic rings. The first kappa shape index (κ1) is 17.2. The molecular formula is C12H18N2O6S. The molecule has 1 aromatic heterocycles. The van der Waals surface area contributed by atoms with Crippen LogP contribution in [0.15, 0.2) is 21.6 Å². The molecule has 0 spiro atoms. The molecule has 21 heavy (non-hydrogen) atoms. The molecule has 3 N–H and O–H groups in total. The number of hydrogen-bond donors (Lipinski definition) is 3. The van der Waals surface area contributed by atoms with Crippen LogP contribution < -0.4 is 10.0 Å². The smallest absolute Gasteiger partial charge is 0.371 e. The fourth-order valence-electron chi connectivity index (χ4n) is 1.40. The molecule has 1 aromatic rings. The summed E-state index contributed by atoms with van der Waals surface area (Å²) in [6.45, 7) is 3.66. The molecule has 1 unspecified atom stereocenters. The number of hydrogen-bond acceptors (Lipinski definition) is 5. The molecule has 0 radical (unpaired) electrons. The number of rotatable bonds is 8. The van der Waals surface area contributed by atoms with Gasteiger partial charge >= 0.3 is 5.97 Å². The molecule has 0 bridgehead atoms. The van der Waals surface area contributed by atoms with E-state index in [0.717, 1.165) is 18.6 Å². The third-order valence-electron chi connectivity index (χ3n) is 2.72. The molecule has 9 heteroatoms. The van der Waals surface area contributed by atoms with Crippen molar-refractivity contribution in [1.29, 1.82) is 0 Å². The molecule has 0 aromatic carbocycles. The lowest BCUT2D eigenvalue weighted by molar-refractivity contribution is -0.121. The zero-order valence-corrected chi connectivity index (χ0v) is 12.6. The van der Waals surface area contributed by atoms with Crippen molar-refractivity contribution in [2.75, 3.05) is 6.54 Å². The first-order valence-corrected chi connectivity index (χ1v) is 7.86. The van der Waals surface area contributed by atoms with E-state index in [4.69, 9.17) is 9.52 Å². The number of furan rings is 1. The minimum absolute atomic E-state index is 0.0178. The molecule has 1 rings (SSSR count). The molecular weight excluding hydrogens is 300 g/mol. The third-order valence-corrected chi connectivity index (χ3v) is 4.05. The lowest BCUT2D eigenvalue weighted by atomic mass is 10.2. The molecule has 1 heterocycles. The summed E-state index contributed by atoms with van der Waals surface area (Å²) >= 11 is 0. The molecule has 0 saturated heterocycles. The van der Waals surface area contributed by atoms with Crippen molar-refractivity contribution in [3.8, 4) is 0 Å². The quantitative estimate of drug-likeness (QED) is 0.643. The molecule has 0 aliphatic carbocycles. The Morgan fingerprint density at radius 3 is 2.57 bits per heavy atom. The maximum atomic E-state index is 11.8. The van der Waals surface area contributed by atoms with Gasteiger partial charge in [0.1, 0.15) is 0 Å². The Kier molecular flexibility index (Phi) is 5.91. The van der Waals surface area contributed by atoms with Gasteiger partial charge in [0.15, 0.2) is 0 Å². The monoisotopic (exact) mass is 318 g/mol. The van der Waals surface area contributed by atoms with Crippen molar-refractivity contribution in [3.63, 3.8) is 0 Å². The Balaban J connectivity index is 2.53. The summed E-state index contributed by atoms with van der Waals surface area (Å²) in [5.41, 5.74) is 0. The second-order valence-electron chi connectivity index (χ2n) is 4.45. The molecule has 1 amide bonds. The van der Waals surface area contributed by atoms with Crippen LogP contribution in [0.3, 0.4) is 0 Å². The minimum atomic E-state index is -3.96. The van der Waals surface area contributed by atoms with Crippen molar-refractivity contribution in [2.24, 2.45) is 0 Å². The van der Waals surface area contributed by atoms with Crippen molar-refractivity contribution in [2.45, 2.75) is 37.8 Å². The van der Waals surface area contributed by atoms with Crippen LogP contribution in [0.1, 0.15) is 37.2 Å². The van der Waals surface area contributed by atoms with E-state index in [2.05, 4.69) is 10.0 Å². The van der Waals surface area contributed by atoms with Gasteiger partial charge in [0.2, 0.25) is 16.8 Å². The zero-order valence-electron chi connectivity index (χ0n) is 11.8. The highest BCUT2D eigenvalue weighted by atomic mass is 32.2. The first-order valence-electron chi connectivity index (χ1n) is 6.38. The number of sulfonamides is 1. The molecule has 118 valence electrons. The number of carbonyl (C=O) groups is 2. The SMILES string of the molecule is CCC(C)NC(=O)CCNS(=O)(=O)c1ccc(C(=O)O)o1. The van der Waals surface area contributed by atoms with Gasteiger partial charge in [-0.2, -0.15) is 0 Å². The highest BCUT2D eigenvalue weighted by Gasteiger charge is 2.20. The number of carbonyl (C=O) groups excluding carboxylic acids is 1. The second-order valence-corrected chi connectivity index (χ2v) is 6.15.